The minimum absolute atomic E-state index is 0.414. The van der Waals surface area contributed by atoms with Gasteiger partial charge in [0.05, 0.1) is 18.9 Å². The maximum absolute atomic E-state index is 5.48. The van der Waals surface area contributed by atoms with Crippen LogP contribution in [0.4, 0.5) is 0 Å². The number of ether oxygens (including phenoxy) is 2. The molecular weight excluding hydrogens is 330 g/mol. The Morgan fingerprint density at radius 1 is 1.31 bits per heavy atom. The molecule has 0 aliphatic carbocycles. The van der Waals surface area contributed by atoms with Crippen LogP contribution < -0.4 is 5.32 Å². The summed E-state index contributed by atoms with van der Waals surface area (Å²) >= 11 is 0. The first kappa shape index (κ1) is 22.4. The number of aliphatic imine (C=N–C) groups is 1. The van der Waals surface area contributed by atoms with Gasteiger partial charge in [0.25, 0.3) is 0 Å². The summed E-state index contributed by atoms with van der Waals surface area (Å²) in [6.07, 6.45) is 4.13. The third-order valence-corrected chi connectivity index (χ3v) is 3.98. The first-order chi connectivity index (χ1) is 12.5. The van der Waals surface area contributed by atoms with E-state index in [-0.39, 0.29) is 0 Å². The fourth-order valence-corrected chi connectivity index (χ4v) is 2.71. The molecule has 0 saturated carbocycles. The summed E-state index contributed by atoms with van der Waals surface area (Å²) in [6.45, 7) is 11.0. The lowest BCUT2D eigenvalue weighted by Gasteiger charge is -2.22. The van der Waals surface area contributed by atoms with Crippen LogP contribution in [-0.4, -0.2) is 67.7 Å². The number of unbranched alkanes of at least 4 members (excludes halogenated alkanes) is 1. The first-order valence-electron chi connectivity index (χ1n) is 9.58. The van der Waals surface area contributed by atoms with Crippen molar-refractivity contribution >= 4 is 5.96 Å². The van der Waals surface area contributed by atoms with E-state index in [1.807, 2.05) is 11.7 Å². The summed E-state index contributed by atoms with van der Waals surface area (Å²) in [5, 5.41) is 7.97. The van der Waals surface area contributed by atoms with Gasteiger partial charge in [-0.3, -0.25) is 9.67 Å². The smallest absolute Gasteiger partial charge is 0.193 e. The van der Waals surface area contributed by atoms with Gasteiger partial charge in [0.15, 0.2) is 5.96 Å². The first-order valence-corrected chi connectivity index (χ1v) is 9.58. The summed E-state index contributed by atoms with van der Waals surface area (Å²) in [5.74, 6) is 1.35. The summed E-state index contributed by atoms with van der Waals surface area (Å²) in [4.78, 5) is 6.92. The Bertz CT molecular complexity index is 528. The molecule has 0 amide bonds. The van der Waals surface area contributed by atoms with Crippen molar-refractivity contribution in [1.82, 2.24) is 20.0 Å². The summed E-state index contributed by atoms with van der Waals surface area (Å²) in [6, 6.07) is 0. The van der Waals surface area contributed by atoms with E-state index in [1.54, 1.807) is 7.11 Å². The normalized spacial score (nSPS) is 12.0. The second-order valence-corrected chi connectivity index (χ2v) is 6.77. The fraction of sp³-hybridized carbons (Fsp3) is 0.789. The van der Waals surface area contributed by atoms with Crippen molar-refractivity contribution in [3.8, 4) is 0 Å². The zero-order valence-corrected chi connectivity index (χ0v) is 17.4. The van der Waals surface area contributed by atoms with E-state index in [4.69, 9.17) is 14.5 Å². The molecule has 7 nitrogen and oxygen atoms in total. The molecule has 26 heavy (non-hydrogen) atoms. The Kier molecular flexibility index (Phi) is 11.0. The zero-order chi connectivity index (χ0) is 19.4. The summed E-state index contributed by atoms with van der Waals surface area (Å²) in [7, 11) is 5.74. The van der Waals surface area contributed by atoms with Gasteiger partial charge < -0.3 is 19.7 Å². The molecule has 0 spiro atoms. The van der Waals surface area contributed by atoms with Crippen LogP contribution in [0, 0.1) is 0 Å². The van der Waals surface area contributed by atoms with Gasteiger partial charge >= 0.3 is 0 Å². The predicted octanol–water partition coefficient (Wildman–Crippen LogP) is 2.38. The number of aromatic nitrogens is 2. The molecule has 1 aromatic rings. The van der Waals surface area contributed by atoms with E-state index >= 15 is 0 Å². The molecule has 1 rings (SSSR count). The largest absolute Gasteiger partial charge is 0.382 e. The molecule has 7 heteroatoms. The highest BCUT2D eigenvalue weighted by molar-refractivity contribution is 5.79. The molecule has 1 heterocycles. The molecule has 150 valence electrons. The van der Waals surface area contributed by atoms with E-state index in [1.165, 1.54) is 5.56 Å². The van der Waals surface area contributed by atoms with Crippen LogP contribution in [0.15, 0.2) is 11.2 Å². The number of nitrogens with one attached hydrogen (secondary N) is 1. The van der Waals surface area contributed by atoms with Crippen molar-refractivity contribution in [3.05, 3.63) is 17.5 Å². The maximum Gasteiger partial charge on any atom is 0.193 e. The van der Waals surface area contributed by atoms with Crippen LogP contribution in [0.2, 0.25) is 0 Å². The number of hydrogen-bond donors (Lipinski definition) is 1. The van der Waals surface area contributed by atoms with E-state index < -0.39 is 0 Å². The number of hydrogen-bond acceptors (Lipinski definition) is 4. The van der Waals surface area contributed by atoms with Gasteiger partial charge in [-0.15, -0.1) is 0 Å². The predicted molar refractivity (Wildman–Crippen MR) is 107 cm³/mol. The standard InChI is InChI=1S/C19H37N5O2/c1-7-20-19(21-10-8-9-11-26-13-12-25-6)23(4)14-17-15-24(5)22-18(17)16(2)3/h15-16H,7-14H2,1-6H3,(H,20,21). The quantitative estimate of drug-likeness (QED) is 0.349. The number of rotatable bonds is 12. The molecular formula is C19H37N5O2. The molecule has 0 aromatic carbocycles. The molecule has 0 aliphatic heterocycles. The molecule has 1 aromatic heterocycles. The van der Waals surface area contributed by atoms with Gasteiger partial charge in [-0.2, -0.15) is 5.10 Å². The fourth-order valence-electron chi connectivity index (χ4n) is 2.71. The third kappa shape index (κ3) is 8.19. The van der Waals surface area contributed by atoms with Crippen molar-refractivity contribution in [2.24, 2.45) is 12.0 Å². The lowest BCUT2D eigenvalue weighted by molar-refractivity contribution is 0.0690. The Morgan fingerprint density at radius 3 is 2.73 bits per heavy atom. The molecule has 0 unspecified atom stereocenters. The van der Waals surface area contributed by atoms with E-state index in [2.05, 4.69) is 49.3 Å². The van der Waals surface area contributed by atoms with Crippen molar-refractivity contribution in [3.63, 3.8) is 0 Å². The monoisotopic (exact) mass is 367 g/mol. The summed E-state index contributed by atoms with van der Waals surface area (Å²) < 4.78 is 12.3. The Morgan fingerprint density at radius 2 is 2.08 bits per heavy atom. The highest BCUT2D eigenvalue weighted by Gasteiger charge is 2.14. The second kappa shape index (κ2) is 12.7. The summed E-state index contributed by atoms with van der Waals surface area (Å²) in [5.41, 5.74) is 2.41. The number of aryl methyl sites for hydroxylation is 1. The molecule has 0 aliphatic rings. The average molecular weight is 368 g/mol. The van der Waals surface area contributed by atoms with Crippen molar-refractivity contribution in [2.45, 2.75) is 46.1 Å². The molecule has 0 bridgehead atoms. The van der Waals surface area contributed by atoms with Crippen LogP contribution in [0.5, 0.6) is 0 Å². The number of nitrogens with zero attached hydrogens (tertiary/aromatic N) is 4. The molecule has 0 radical (unpaired) electrons. The number of methoxy groups -OCH3 is 1. The van der Waals surface area contributed by atoms with E-state index in [0.29, 0.717) is 19.1 Å². The SMILES string of the molecule is CCNC(=NCCCCOCCOC)N(C)Cc1cn(C)nc1C(C)C. The minimum atomic E-state index is 0.414. The lowest BCUT2D eigenvalue weighted by atomic mass is 10.1. The maximum atomic E-state index is 5.48. The zero-order valence-electron chi connectivity index (χ0n) is 17.4. The average Bonchev–Trinajstić information content (AvgIpc) is 2.96. The van der Waals surface area contributed by atoms with Gasteiger partial charge in [-0.1, -0.05) is 13.8 Å². The van der Waals surface area contributed by atoms with Gasteiger partial charge in [-0.25, -0.2) is 0 Å². The van der Waals surface area contributed by atoms with Crippen molar-refractivity contribution in [1.29, 1.82) is 0 Å². The Balaban J connectivity index is 2.51. The Hall–Kier alpha value is -1.60. The highest BCUT2D eigenvalue weighted by Crippen LogP contribution is 2.18. The molecule has 0 fully saturated rings. The van der Waals surface area contributed by atoms with E-state index in [9.17, 15) is 0 Å². The van der Waals surface area contributed by atoms with Crippen LogP contribution in [0.25, 0.3) is 0 Å². The van der Waals surface area contributed by atoms with Crippen LogP contribution in [0.1, 0.15) is 50.8 Å². The molecule has 1 N–H and O–H groups in total. The van der Waals surface area contributed by atoms with Crippen LogP contribution in [0.3, 0.4) is 0 Å². The van der Waals surface area contributed by atoms with Gasteiger partial charge in [0.2, 0.25) is 0 Å². The Labute approximate surface area is 158 Å². The van der Waals surface area contributed by atoms with Crippen molar-refractivity contribution in [2.75, 3.05) is 47.1 Å². The third-order valence-electron chi connectivity index (χ3n) is 3.98. The second-order valence-electron chi connectivity index (χ2n) is 6.77. The number of guanidine groups is 1. The van der Waals surface area contributed by atoms with Crippen molar-refractivity contribution < 1.29 is 9.47 Å². The van der Waals surface area contributed by atoms with Gasteiger partial charge in [0.1, 0.15) is 0 Å². The molecule has 0 atom stereocenters. The van der Waals surface area contributed by atoms with Gasteiger partial charge in [0, 0.05) is 59.2 Å². The topological polar surface area (TPSA) is 63.9 Å². The van der Waals surface area contributed by atoms with Crippen LogP contribution >= 0.6 is 0 Å². The lowest BCUT2D eigenvalue weighted by Crippen LogP contribution is -2.38. The minimum Gasteiger partial charge on any atom is -0.382 e. The highest BCUT2D eigenvalue weighted by atomic mass is 16.5. The molecule has 0 saturated heterocycles. The van der Waals surface area contributed by atoms with E-state index in [0.717, 1.165) is 50.7 Å². The van der Waals surface area contributed by atoms with Gasteiger partial charge in [-0.05, 0) is 25.7 Å². The van der Waals surface area contributed by atoms with Crippen LogP contribution in [-0.2, 0) is 23.1 Å².